The zero-order valence-corrected chi connectivity index (χ0v) is 29.0. The van der Waals surface area contributed by atoms with Gasteiger partial charge in [0.2, 0.25) is 11.8 Å². The maximum atomic E-state index is 13.1. The summed E-state index contributed by atoms with van der Waals surface area (Å²) >= 11 is 0. The van der Waals surface area contributed by atoms with Gasteiger partial charge in [-0.15, -0.1) is 24.8 Å². The Labute approximate surface area is 284 Å². The Balaban J connectivity index is 0.00000368. The number of carbonyl (C=O) groups is 3. The van der Waals surface area contributed by atoms with Gasteiger partial charge < -0.3 is 29.5 Å². The Morgan fingerprint density at radius 2 is 1.72 bits per heavy atom. The number of benzene rings is 2. The van der Waals surface area contributed by atoms with E-state index >= 15 is 0 Å². The highest BCUT2D eigenvalue weighted by Gasteiger charge is 2.45. The number of nitrogens with zero attached hydrogens (tertiary/aromatic N) is 4. The van der Waals surface area contributed by atoms with Gasteiger partial charge in [0.05, 0.1) is 30.7 Å². The van der Waals surface area contributed by atoms with Gasteiger partial charge in [-0.25, -0.2) is 0 Å². The molecule has 0 saturated heterocycles. The Morgan fingerprint density at radius 1 is 1.02 bits per heavy atom. The number of fused-ring (bicyclic) bond motifs is 1. The van der Waals surface area contributed by atoms with Crippen LogP contribution in [0.2, 0.25) is 0 Å². The lowest BCUT2D eigenvalue weighted by Gasteiger charge is -2.27. The van der Waals surface area contributed by atoms with E-state index in [4.69, 9.17) is 9.47 Å². The van der Waals surface area contributed by atoms with Gasteiger partial charge in [0.1, 0.15) is 16.9 Å². The average molecular weight is 675 g/mol. The van der Waals surface area contributed by atoms with E-state index in [0.717, 1.165) is 18.4 Å². The van der Waals surface area contributed by atoms with Crippen molar-refractivity contribution in [3.63, 3.8) is 0 Å². The van der Waals surface area contributed by atoms with Crippen molar-refractivity contribution in [1.82, 2.24) is 15.2 Å². The molecule has 2 aromatic carbocycles. The van der Waals surface area contributed by atoms with E-state index in [2.05, 4.69) is 10.3 Å². The van der Waals surface area contributed by atoms with Crippen LogP contribution in [0.3, 0.4) is 0 Å². The molecule has 2 heterocycles. The zero-order valence-electron chi connectivity index (χ0n) is 27.3. The molecule has 0 spiro atoms. The molecule has 0 saturated carbocycles. The maximum Gasteiger partial charge on any atom is 0.257 e. The maximum absolute atomic E-state index is 13.1. The molecule has 0 fully saturated rings. The number of hydrogen-bond donors (Lipinski definition) is 1. The van der Waals surface area contributed by atoms with Crippen molar-refractivity contribution in [1.29, 1.82) is 0 Å². The first-order valence-electron chi connectivity index (χ1n) is 15.0. The van der Waals surface area contributed by atoms with Crippen LogP contribution in [0, 0.1) is 5.41 Å². The molecular weight excluding hydrogens is 629 g/mol. The molecule has 1 aliphatic rings. The largest absolute Gasteiger partial charge is 0.496 e. The number of nitrogens with one attached hydrogen (secondary N) is 1. The number of pyridine rings is 1. The van der Waals surface area contributed by atoms with E-state index in [1.807, 2.05) is 49.4 Å². The molecule has 1 unspecified atom stereocenters. The number of carbonyl (C=O) groups excluding carboxylic acids is 3. The lowest BCUT2D eigenvalue weighted by Crippen LogP contribution is -2.47. The number of halogens is 2. The van der Waals surface area contributed by atoms with Crippen LogP contribution >= 0.6 is 24.8 Å². The molecule has 1 atom stereocenters. The Morgan fingerprint density at radius 3 is 2.39 bits per heavy atom. The lowest BCUT2D eigenvalue weighted by molar-refractivity contribution is -0.137. The first-order chi connectivity index (χ1) is 21.1. The highest BCUT2D eigenvalue weighted by molar-refractivity contribution is 6.20. The Bertz CT molecular complexity index is 1470. The number of para-hydroxylation sites is 1. The average Bonchev–Trinajstić information content (AvgIpc) is 3.09. The smallest absolute Gasteiger partial charge is 0.257 e. The lowest BCUT2D eigenvalue weighted by atomic mass is 9.90. The minimum Gasteiger partial charge on any atom is -0.496 e. The first-order valence-corrected chi connectivity index (χ1v) is 15.0. The van der Waals surface area contributed by atoms with Crippen molar-refractivity contribution < 1.29 is 23.9 Å². The minimum absolute atomic E-state index is 0. The summed E-state index contributed by atoms with van der Waals surface area (Å²) in [6.07, 6.45) is 5.10. The van der Waals surface area contributed by atoms with Crippen molar-refractivity contribution >= 4 is 53.9 Å². The van der Waals surface area contributed by atoms with Crippen LogP contribution in [0.15, 0.2) is 67.0 Å². The van der Waals surface area contributed by atoms with Gasteiger partial charge in [-0.3, -0.25) is 19.4 Å². The van der Waals surface area contributed by atoms with E-state index in [1.54, 1.807) is 74.3 Å². The molecule has 1 aromatic heterocycles. The second kappa shape index (κ2) is 17.2. The van der Waals surface area contributed by atoms with Crippen LogP contribution in [-0.2, 0) is 9.59 Å². The van der Waals surface area contributed by atoms with Crippen molar-refractivity contribution in [2.45, 2.75) is 39.7 Å². The van der Waals surface area contributed by atoms with Gasteiger partial charge in [0.15, 0.2) is 0 Å². The molecule has 0 bridgehead atoms. The highest BCUT2D eigenvalue weighted by atomic mass is 35.5. The van der Waals surface area contributed by atoms with Crippen LogP contribution in [-0.4, -0.2) is 75.1 Å². The third kappa shape index (κ3) is 8.48. The van der Waals surface area contributed by atoms with Crippen LogP contribution in [0.25, 0.3) is 0 Å². The molecule has 4 rings (SSSR count). The summed E-state index contributed by atoms with van der Waals surface area (Å²) in [4.78, 5) is 48.3. The first kappa shape index (κ1) is 38.3. The molecule has 0 radical (unpaired) electrons. The molecule has 3 amide bonds. The summed E-state index contributed by atoms with van der Waals surface area (Å²) in [5, 5.41) is 3.59. The van der Waals surface area contributed by atoms with Gasteiger partial charge in [0.25, 0.3) is 5.91 Å². The fraction of sp³-hybridized carbons (Fsp3) is 0.412. The number of likely N-dealkylation sites (N-methyl/N-ethyl adjacent to an activating group) is 1. The van der Waals surface area contributed by atoms with Crippen molar-refractivity contribution in [2.24, 2.45) is 5.41 Å². The molecule has 10 nitrogen and oxygen atoms in total. The molecule has 12 heteroatoms. The standard InChI is InChI=1S/C34H43N5O5.2ClH/c1-7-39-28-15-14-25(23-29(28)38(5)32(41)34(2,3)33(39)42)44-22-10-12-27(24-16-18-35-19-17-24)36-20-21-37(4)31(40)26-11-8-9-13-30(26)43-6;;/h8-9,11,13-19,23,27,36H,7,10,12,20-22H2,1-6H3;2*1H. The van der Waals surface area contributed by atoms with Gasteiger partial charge in [-0.2, -0.15) is 0 Å². The zero-order chi connectivity index (χ0) is 31.9. The molecule has 46 heavy (non-hydrogen) atoms. The SMILES string of the molecule is CCN1C(=O)C(C)(C)C(=O)N(C)c2cc(OCCCC(NCCN(C)C(=O)c3ccccc3OC)c3ccncc3)ccc21.Cl.Cl. The number of rotatable bonds is 13. The molecular formula is C34H45Cl2N5O5. The second-order valence-corrected chi connectivity index (χ2v) is 11.4. The monoisotopic (exact) mass is 673 g/mol. The van der Waals surface area contributed by atoms with Gasteiger partial charge in [-0.05, 0) is 75.6 Å². The van der Waals surface area contributed by atoms with Gasteiger partial charge in [0, 0.05) is 58.2 Å². The van der Waals surface area contributed by atoms with Crippen LogP contribution in [0.5, 0.6) is 11.5 Å². The normalized spacial score (nSPS) is 14.3. The highest BCUT2D eigenvalue weighted by Crippen LogP contribution is 2.40. The van der Waals surface area contributed by atoms with E-state index in [0.29, 0.717) is 54.7 Å². The Hall–Kier alpha value is -3.86. The predicted octanol–water partition coefficient (Wildman–Crippen LogP) is 5.55. The fourth-order valence-corrected chi connectivity index (χ4v) is 5.47. The summed E-state index contributed by atoms with van der Waals surface area (Å²) in [5.41, 5.74) is 1.83. The van der Waals surface area contributed by atoms with E-state index in [9.17, 15) is 14.4 Å². The number of ether oxygens (including phenoxy) is 2. The summed E-state index contributed by atoms with van der Waals surface area (Å²) in [6.45, 7) is 7.29. The fourth-order valence-electron chi connectivity index (χ4n) is 5.47. The van der Waals surface area contributed by atoms with E-state index in [1.165, 1.54) is 0 Å². The third-order valence-electron chi connectivity index (χ3n) is 8.07. The third-order valence-corrected chi connectivity index (χ3v) is 8.07. The summed E-state index contributed by atoms with van der Waals surface area (Å²) in [7, 11) is 5.05. The summed E-state index contributed by atoms with van der Waals surface area (Å²) in [5.74, 6) is 0.630. The van der Waals surface area contributed by atoms with Crippen LogP contribution in [0.1, 0.15) is 55.6 Å². The topological polar surface area (TPSA) is 104 Å². The second-order valence-electron chi connectivity index (χ2n) is 11.4. The van der Waals surface area contributed by atoms with Gasteiger partial charge in [-0.1, -0.05) is 12.1 Å². The number of anilines is 2. The van der Waals surface area contributed by atoms with Gasteiger partial charge >= 0.3 is 0 Å². The molecule has 1 N–H and O–H groups in total. The van der Waals surface area contributed by atoms with Crippen LogP contribution < -0.4 is 24.6 Å². The summed E-state index contributed by atoms with van der Waals surface area (Å²) in [6, 6.07) is 16.8. The molecule has 250 valence electrons. The molecule has 0 aliphatic carbocycles. The Kier molecular flexibility index (Phi) is 14.3. The minimum atomic E-state index is -1.16. The van der Waals surface area contributed by atoms with Crippen LogP contribution in [0.4, 0.5) is 11.4 Å². The van der Waals surface area contributed by atoms with Crippen molar-refractivity contribution in [3.8, 4) is 11.5 Å². The predicted molar refractivity (Wildman–Crippen MR) is 186 cm³/mol. The van der Waals surface area contributed by atoms with Crippen molar-refractivity contribution in [2.75, 3.05) is 57.2 Å². The van der Waals surface area contributed by atoms with Crippen molar-refractivity contribution in [3.05, 3.63) is 78.1 Å². The molecule has 3 aromatic rings. The number of methoxy groups -OCH3 is 1. The number of aromatic nitrogens is 1. The van der Waals surface area contributed by atoms with E-state index in [-0.39, 0.29) is 48.6 Å². The van der Waals surface area contributed by atoms with E-state index < -0.39 is 5.41 Å². The number of hydrogen-bond acceptors (Lipinski definition) is 7. The molecule has 1 aliphatic heterocycles. The number of amides is 3. The summed E-state index contributed by atoms with van der Waals surface area (Å²) < 4.78 is 11.5. The quantitative estimate of drug-likeness (QED) is 0.187.